The van der Waals surface area contributed by atoms with Crippen LogP contribution in [0.5, 0.6) is 11.5 Å². The highest BCUT2D eigenvalue weighted by atomic mass is 127. The van der Waals surface area contributed by atoms with Gasteiger partial charge in [-0.1, -0.05) is 6.07 Å². The van der Waals surface area contributed by atoms with Crippen molar-refractivity contribution in [1.82, 2.24) is 5.32 Å². The third-order valence-electron chi connectivity index (χ3n) is 4.46. The first kappa shape index (κ1) is 21.8. The average Bonchev–Trinajstić information content (AvgIpc) is 3.38. The molecule has 0 spiro atoms. The first-order valence-electron chi connectivity index (χ1n) is 8.45. The molecule has 1 aliphatic carbocycles. The molecule has 142 valence electrons. The van der Waals surface area contributed by atoms with E-state index in [-0.39, 0.29) is 24.0 Å². The predicted octanol–water partition coefficient (Wildman–Crippen LogP) is 2.93. The highest BCUT2D eigenvalue weighted by Crippen LogP contribution is 2.48. The second-order valence-electron chi connectivity index (χ2n) is 6.19. The van der Waals surface area contributed by atoms with E-state index in [1.165, 1.54) is 12.8 Å². The van der Waals surface area contributed by atoms with E-state index in [1.54, 1.807) is 14.2 Å². The molecule has 0 amide bonds. The van der Waals surface area contributed by atoms with Gasteiger partial charge >= 0.3 is 0 Å². The topological polar surface area (TPSA) is 78.1 Å². The van der Waals surface area contributed by atoms with Crippen molar-refractivity contribution in [2.75, 3.05) is 34.0 Å². The molecule has 6 nitrogen and oxygen atoms in total. The Morgan fingerprint density at radius 2 is 1.96 bits per heavy atom. The van der Waals surface area contributed by atoms with E-state index in [0.29, 0.717) is 29.4 Å². The Labute approximate surface area is 167 Å². The Kier molecular flexibility index (Phi) is 9.34. The van der Waals surface area contributed by atoms with Gasteiger partial charge in [0, 0.05) is 19.8 Å². The molecule has 0 aliphatic heterocycles. The summed E-state index contributed by atoms with van der Waals surface area (Å²) < 4.78 is 16.0. The van der Waals surface area contributed by atoms with Crippen molar-refractivity contribution >= 4 is 29.9 Å². The van der Waals surface area contributed by atoms with Crippen LogP contribution >= 0.6 is 24.0 Å². The van der Waals surface area contributed by atoms with Crippen molar-refractivity contribution in [2.24, 2.45) is 16.1 Å². The summed E-state index contributed by atoms with van der Waals surface area (Å²) >= 11 is 0. The summed E-state index contributed by atoms with van der Waals surface area (Å²) in [6.45, 7) is 4.99. The predicted molar refractivity (Wildman–Crippen MR) is 111 cm³/mol. The minimum atomic E-state index is 0. The van der Waals surface area contributed by atoms with E-state index < -0.39 is 0 Å². The summed E-state index contributed by atoms with van der Waals surface area (Å²) in [6.07, 6.45) is 3.54. The van der Waals surface area contributed by atoms with Crippen molar-refractivity contribution in [3.8, 4) is 11.5 Å². The number of aliphatic imine (C=N–C) groups is 1. The Morgan fingerprint density at radius 1 is 1.24 bits per heavy atom. The largest absolute Gasteiger partial charge is 0.493 e. The van der Waals surface area contributed by atoms with Gasteiger partial charge < -0.3 is 25.3 Å². The Hall–Kier alpha value is -1.22. The van der Waals surface area contributed by atoms with Crippen LogP contribution in [0.3, 0.4) is 0 Å². The maximum atomic E-state index is 5.99. The van der Waals surface area contributed by atoms with Crippen molar-refractivity contribution in [3.05, 3.63) is 23.8 Å². The molecule has 0 heterocycles. The Balaban J connectivity index is 0.00000312. The van der Waals surface area contributed by atoms with Crippen LogP contribution in [0, 0.1) is 5.41 Å². The number of hydrogen-bond donors (Lipinski definition) is 2. The summed E-state index contributed by atoms with van der Waals surface area (Å²) in [4.78, 5) is 4.41. The van der Waals surface area contributed by atoms with Crippen LogP contribution in [0.25, 0.3) is 0 Å². The zero-order chi connectivity index (χ0) is 17.4. The van der Waals surface area contributed by atoms with Gasteiger partial charge in [-0.3, -0.25) is 0 Å². The van der Waals surface area contributed by atoms with E-state index in [9.17, 15) is 0 Å². The lowest BCUT2D eigenvalue weighted by Gasteiger charge is -2.16. The number of nitrogens with two attached hydrogens (primary N) is 1. The number of ether oxygens (including phenoxy) is 3. The molecule has 0 radical (unpaired) electrons. The van der Waals surface area contributed by atoms with Gasteiger partial charge in [-0.2, -0.15) is 0 Å². The van der Waals surface area contributed by atoms with Crippen LogP contribution < -0.4 is 20.5 Å². The van der Waals surface area contributed by atoms with Gasteiger partial charge in [0.15, 0.2) is 17.5 Å². The first-order valence-corrected chi connectivity index (χ1v) is 8.45. The molecule has 0 unspecified atom stereocenters. The number of methoxy groups -OCH3 is 2. The van der Waals surface area contributed by atoms with E-state index in [1.807, 2.05) is 25.1 Å². The maximum Gasteiger partial charge on any atom is 0.188 e. The molecule has 1 aliphatic rings. The summed E-state index contributed by atoms with van der Waals surface area (Å²) in [5.41, 5.74) is 7.36. The van der Waals surface area contributed by atoms with Crippen molar-refractivity contribution in [2.45, 2.75) is 32.7 Å². The second-order valence-corrected chi connectivity index (χ2v) is 6.19. The fourth-order valence-corrected chi connectivity index (χ4v) is 2.61. The summed E-state index contributed by atoms with van der Waals surface area (Å²) in [6, 6.07) is 5.75. The lowest BCUT2D eigenvalue weighted by atomic mass is 10.0. The summed E-state index contributed by atoms with van der Waals surface area (Å²) in [7, 11) is 3.25. The van der Waals surface area contributed by atoms with Crippen molar-refractivity contribution < 1.29 is 14.2 Å². The molecule has 1 aromatic carbocycles. The van der Waals surface area contributed by atoms with Crippen LogP contribution in [-0.2, 0) is 11.3 Å². The van der Waals surface area contributed by atoms with Crippen LogP contribution in [0.2, 0.25) is 0 Å². The molecule has 0 saturated heterocycles. The summed E-state index contributed by atoms with van der Waals surface area (Å²) in [5, 5.41) is 3.25. The molecular weight excluding hydrogens is 433 g/mol. The molecule has 1 aromatic rings. The molecule has 0 aromatic heterocycles. The zero-order valence-electron chi connectivity index (χ0n) is 15.3. The van der Waals surface area contributed by atoms with Crippen LogP contribution in [-0.4, -0.2) is 39.9 Å². The molecule has 1 fully saturated rings. The number of nitrogens with zero attached hydrogens (tertiary/aromatic N) is 1. The van der Waals surface area contributed by atoms with Crippen LogP contribution in [0.4, 0.5) is 0 Å². The highest BCUT2D eigenvalue weighted by molar-refractivity contribution is 14.0. The van der Waals surface area contributed by atoms with Gasteiger partial charge in [-0.15, -0.1) is 24.0 Å². The molecular formula is C18H30IN3O3. The smallest absolute Gasteiger partial charge is 0.188 e. The van der Waals surface area contributed by atoms with Crippen LogP contribution in [0.15, 0.2) is 23.2 Å². The molecule has 7 heteroatoms. The van der Waals surface area contributed by atoms with Gasteiger partial charge in [-0.05, 0) is 49.3 Å². The molecule has 1 saturated carbocycles. The van der Waals surface area contributed by atoms with Crippen molar-refractivity contribution in [3.63, 3.8) is 0 Å². The zero-order valence-corrected chi connectivity index (χ0v) is 17.7. The minimum Gasteiger partial charge on any atom is -0.493 e. The van der Waals surface area contributed by atoms with Gasteiger partial charge in [0.1, 0.15) is 0 Å². The first-order chi connectivity index (χ1) is 11.6. The number of hydrogen-bond acceptors (Lipinski definition) is 4. The lowest BCUT2D eigenvalue weighted by Crippen LogP contribution is -2.36. The fourth-order valence-electron chi connectivity index (χ4n) is 2.61. The van der Waals surface area contributed by atoms with Gasteiger partial charge in [0.25, 0.3) is 0 Å². The average molecular weight is 463 g/mol. The Morgan fingerprint density at radius 3 is 2.56 bits per heavy atom. The molecule has 0 atom stereocenters. The quantitative estimate of drug-likeness (QED) is 0.242. The van der Waals surface area contributed by atoms with E-state index in [2.05, 4.69) is 10.3 Å². The fraction of sp³-hybridized carbons (Fsp3) is 0.611. The number of benzene rings is 1. The van der Waals surface area contributed by atoms with E-state index >= 15 is 0 Å². The van der Waals surface area contributed by atoms with Crippen LogP contribution in [0.1, 0.15) is 31.7 Å². The molecule has 3 N–H and O–H groups in total. The monoisotopic (exact) mass is 463 g/mol. The highest BCUT2D eigenvalue weighted by Gasteiger charge is 2.41. The molecule has 2 rings (SSSR count). The van der Waals surface area contributed by atoms with Gasteiger partial charge in [0.2, 0.25) is 0 Å². The minimum absolute atomic E-state index is 0. The van der Waals surface area contributed by atoms with Gasteiger partial charge in [-0.25, -0.2) is 4.99 Å². The normalized spacial score (nSPS) is 15.2. The number of nitrogens with one attached hydrogen (secondary N) is 1. The van der Waals surface area contributed by atoms with E-state index in [0.717, 1.165) is 31.7 Å². The number of halogens is 1. The molecule has 25 heavy (non-hydrogen) atoms. The third kappa shape index (κ3) is 6.89. The van der Waals surface area contributed by atoms with E-state index in [4.69, 9.17) is 19.9 Å². The Bertz CT molecular complexity index is 562. The second kappa shape index (κ2) is 10.7. The third-order valence-corrected chi connectivity index (χ3v) is 4.46. The number of guanidine groups is 1. The van der Waals surface area contributed by atoms with Crippen molar-refractivity contribution in [1.29, 1.82) is 0 Å². The number of rotatable bonds is 10. The lowest BCUT2D eigenvalue weighted by molar-refractivity contribution is 0.128. The maximum absolute atomic E-state index is 5.99. The van der Waals surface area contributed by atoms with Gasteiger partial charge in [0.05, 0.1) is 20.8 Å². The standard InChI is InChI=1S/C18H29N3O3.HI/c1-4-24-10-9-18(7-8-18)13-21-17(19)20-12-14-5-6-15(22-2)16(11-14)23-3;/h5-6,11H,4,7-10,12-13H2,1-3H3,(H3,19,20,21);1H. The molecule has 0 bridgehead atoms. The summed E-state index contributed by atoms with van der Waals surface area (Å²) in [5.74, 6) is 1.89. The SMILES string of the molecule is CCOCCC1(CNC(N)=NCc2ccc(OC)c(OC)c2)CC1.I.